The normalized spacial score (nSPS) is 15.2. The van der Waals surface area contributed by atoms with Gasteiger partial charge in [0.1, 0.15) is 11.6 Å². The second kappa shape index (κ2) is 14.6. The Morgan fingerprint density at radius 3 is 2.14 bits per heavy atom. The predicted octanol–water partition coefficient (Wildman–Crippen LogP) is 8.18. The summed E-state index contributed by atoms with van der Waals surface area (Å²) in [6.07, 6.45) is 5.65. The number of carbonyl (C=O) groups excluding carboxylic acids is 1. The molecule has 0 spiro atoms. The van der Waals surface area contributed by atoms with E-state index in [0.717, 1.165) is 56.3 Å². The molecule has 5 rings (SSSR count). The second-order valence-corrected chi connectivity index (χ2v) is 11.8. The minimum absolute atomic E-state index is 0.0187. The highest BCUT2D eigenvalue weighted by atomic mass is 19.1. The average molecular weight is 581 g/mol. The molecule has 0 radical (unpaired) electrons. The van der Waals surface area contributed by atoms with Crippen molar-refractivity contribution in [2.75, 3.05) is 19.6 Å². The molecule has 1 N–H and O–H groups in total. The van der Waals surface area contributed by atoms with Crippen LogP contribution in [0.15, 0.2) is 103 Å². The summed E-state index contributed by atoms with van der Waals surface area (Å²) in [7, 11) is 0. The number of nitrogens with one attached hydrogen (secondary N) is 1. The highest BCUT2D eigenvalue weighted by molar-refractivity contribution is 5.76. The van der Waals surface area contributed by atoms with Gasteiger partial charge in [-0.3, -0.25) is 9.69 Å². The lowest BCUT2D eigenvalue weighted by atomic mass is 9.68. The van der Waals surface area contributed by atoms with Crippen molar-refractivity contribution in [3.05, 3.63) is 143 Å². The molecule has 0 fully saturated rings. The monoisotopic (exact) mass is 580 g/mol. The lowest BCUT2D eigenvalue weighted by Crippen LogP contribution is -2.36. The summed E-state index contributed by atoms with van der Waals surface area (Å²) >= 11 is 0. The molecule has 1 unspecified atom stereocenters. The van der Waals surface area contributed by atoms with E-state index in [1.165, 1.54) is 28.8 Å². The van der Waals surface area contributed by atoms with Gasteiger partial charge in [-0.2, -0.15) is 0 Å². The van der Waals surface area contributed by atoms with Crippen LogP contribution in [0.4, 0.5) is 8.78 Å². The Kier molecular flexibility index (Phi) is 10.4. The smallest absolute Gasteiger partial charge is 0.220 e. The summed E-state index contributed by atoms with van der Waals surface area (Å²) in [5.74, 6) is -0.410. The van der Waals surface area contributed by atoms with Crippen LogP contribution in [0.25, 0.3) is 0 Å². The maximum absolute atomic E-state index is 14.1. The van der Waals surface area contributed by atoms with E-state index in [9.17, 15) is 13.6 Å². The standard InChI is InChI=1S/C38H42F2N2O/c1-29-36-28-35(40)20-17-31(36)22-27-42(29)26-9-24-38(32-10-4-2-5-11-32,33-12-6-3-7-13-33)23-8-25-41-37(43)21-16-30-14-18-34(39)19-15-30/h2-7,10-15,17-20,28-29H,8-9,16,21-27H2,1H3,(H,41,43). The van der Waals surface area contributed by atoms with Crippen LogP contribution in [0.2, 0.25) is 0 Å². The van der Waals surface area contributed by atoms with Crippen molar-refractivity contribution in [2.24, 2.45) is 0 Å². The fourth-order valence-corrected chi connectivity index (χ4v) is 6.72. The Morgan fingerprint density at radius 1 is 0.837 bits per heavy atom. The van der Waals surface area contributed by atoms with Gasteiger partial charge in [-0.1, -0.05) is 78.9 Å². The SMILES string of the molecule is CC1c2cc(F)ccc2CCN1CCCC(CCCNC(=O)CCc1ccc(F)cc1)(c1ccccc1)c1ccccc1. The summed E-state index contributed by atoms with van der Waals surface area (Å²) in [4.78, 5) is 15.1. The molecule has 1 heterocycles. The van der Waals surface area contributed by atoms with Crippen LogP contribution < -0.4 is 5.32 Å². The number of fused-ring (bicyclic) bond motifs is 1. The van der Waals surface area contributed by atoms with E-state index < -0.39 is 0 Å². The first-order valence-electron chi connectivity index (χ1n) is 15.6. The maximum Gasteiger partial charge on any atom is 0.220 e. The maximum atomic E-state index is 14.1. The lowest BCUT2D eigenvalue weighted by molar-refractivity contribution is -0.121. The topological polar surface area (TPSA) is 32.3 Å². The molecule has 0 aromatic heterocycles. The molecule has 0 bridgehead atoms. The zero-order valence-electron chi connectivity index (χ0n) is 25.1. The van der Waals surface area contributed by atoms with Crippen molar-refractivity contribution in [1.82, 2.24) is 10.2 Å². The molecule has 1 aliphatic rings. The number of halogens is 2. The minimum Gasteiger partial charge on any atom is -0.356 e. The zero-order chi connectivity index (χ0) is 30.1. The number of rotatable bonds is 13. The van der Waals surface area contributed by atoms with Gasteiger partial charge in [0.25, 0.3) is 0 Å². The number of aryl methyl sites for hydroxylation is 1. The van der Waals surface area contributed by atoms with Crippen LogP contribution in [0.5, 0.6) is 0 Å². The van der Waals surface area contributed by atoms with Gasteiger partial charge in [0.2, 0.25) is 5.91 Å². The minimum atomic E-state index is -0.264. The highest BCUT2D eigenvalue weighted by Crippen LogP contribution is 2.41. The molecule has 1 atom stereocenters. The van der Waals surface area contributed by atoms with Crippen molar-refractivity contribution in [1.29, 1.82) is 0 Å². The second-order valence-electron chi connectivity index (χ2n) is 11.8. The first-order chi connectivity index (χ1) is 20.9. The van der Waals surface area contributed by atoms with Gasteiger partial charge in [-0.25, -0.2) is 8.78 Å². The quantitative estimate of drug-likeness (QED) is 0.162. The van der Waals surface area contributed by atoms with Gasteiger partial charge in [-0.05, 0) is 104 Å². The molecule has 4 aromatic carbocycles. The van der Waals surface area contributed by atoms with Gasteiger partial charge in [0.05, 0.1) is 0 Å². The van der Waals surface area contributed by atoms with Crippen molar-refractivity contribution in [3.8, 4) is 0 Å². The van der Waals surface area contributed by atoms with E-state index in [1.807, 2.05) is 6.07 Å². The Labute approximate surface area is 255 Å². The Balaban J connectivity index is 1.25. The van der Waals surface area contributed by atoms with E-state index in [-0.39, 0.29) is 29.0 Å². The molecule has 0 saturated carbocycles. The first-order valence-corrected chi connectivity index (χ1v) is 15.6. The fraction of sp³-hybridized carbons (Fsp3) is 0.342. The van der Waals surface area contributed by atoms with Crippen LogP contribution >= 0.6 is 0 Å². The zero-order valence-corrected chi connectivity index (χ0v) is 25.1. The van der Waals surface area contributed by atoms with Crippen LogP contribution in [-0.4, -0.2) is 30.4 Å². The first kappa shape index (κ1) is 30.6. The molecule has 224 valence electrons. The van der Waals surface area contributed by atoms with Gasteiger partial charge < -0.3 is 5.32 Å². The molecule has 0 saturated heterocycles. The fourth-order valence-electron chi connectivity index (χ4n) is 6.72. The third-order valence-corrected chi connectivity index (χ3v) is 9.13. The van der Waals surface area contributed by atoms with Crippen molar-refractivity contribution in [2.45, 2.75) is 63.3 Å². The van der Waals surface area contributed by atoms with Crippen molar-refractivity contribution < 1.29 is 13.6 Å². The molecule has 3 nitrogen and oxygen atoms in total. The summed E-state index contributed by atoms with van der Waals surface area (Å²) < 4.78 is 27.2. The van der Waals surface area contributed by atoms with Crippen molar-refractivity contribution >= 4 is 5.91 Å². The molecular weight excluding hydrogens is 538 g/mol. The largest absolute Gasteiger partial charge is 0.356 e. The van der Waals surface area contributed by atoms with Crippen LogP contribution in [0, 0.1) is 11.6 Å². The van der Waals surface area contributed by atoms with E-state index >= 15 is 0 Å². The molecule has 0 aliphatic carbocycles. The number of carbonyl (C=O) groups is 1. The predicted molar refractivity (Wildman–Crippen MR) is 170 cm³/mol. The third-order valence-electron chi connectivity index (χ3n) is 9.13. The molecular formula is C38H42F2N2O. The van der Waals surface area contributed by atoms with Crippen LogP contribution in [0.1, 0.15) is 72.9 Å². The Morgan fingerprint density at radius 2 is 1.47 bits per heavy atom. The summed E-state index contributed by atoms with van der Waals surface area (Å²) in [5.41, 5.74) is 5.72. The van der Waals surface area contributed by atoms with Gasteiger partial charge in [0, 0.05) is 31.0 Å². The average Bonchev–Trinajstić information content (AvgIpc) is 3.04. The van der Waals surface area contributed by atoms with Crippen LogP contribution in [0.3, 0.4) is 0 Å². The summed E-state index contributed by atoms with van der Waals surface area (Å²) in [5, 5.41) is 3.12. The Bertz CT molecular complexity index is 1420. The van der Waals surface area contributed by atoms with Crippen LogP contribution in [-0.2, 0) is 23.1 Å². The third kappa shape index (κ3) is 7.77. The highest BCUT2D eigenvalue weighted by Gasteiger charge is 2.34. The summed E-state index contributed by atoms with van der Waals surface area (Å²) in [6, 6.07) is 33.3. The number of hydrogen-bond donors (Lipinski definition) is 1. The van der Waals surface area contributed by atoms with Gasteiger partial charge in [-0.15, -0.1) is 0 Å². The summed E-state index contributed by atoms with van der Waals surface area (Å²) in [6.45, 7) is 4.72. The molecule has 43 heavy (non-hydrogen) atoms. The van der Waals surface area contributed by atoms with Gasteiger partial charge >= 0.3 is 0 Å². The van der Waals surface area contributed by atoms with E-state index in [2.05, 4.69) is 77.8 Å². The molecule has 1 aliphatic heterocycles. The van der Waals surface area contributed by atoms with E-state index in [0.29, 0.717) is 19.4 Å². The van der Waals surface area contributed by atoms with Crippen molar-refractivity contribution in [3.63, 3.8) is 0 Å². The Hall–Kier alpha value is -3.83. The van der Waals surface area contributed by atoms with E-state index in [4.69, 9.17) is 0 Å². The molecule has 1 amide bonds. The lowest BCUT2D eigenvalue weighted by Gasteiger charge is -2.38. The number of amides is 1. The van der Waals surface area contributed by atoms with Gasteiger partial charge in [0.15, 0.2) is 0 Å². The van der Waals surface area contributed by atoms with E-state index in [1.54, 1.807) is 24.3 Å². The number of hydrogen-bond acceptors (Lipinski definition) is 2. The number of benzene rings is 4. The molecule has 4 aromatic rings. The molecule has 5 heteroatoms. The number of nitrogens with zero attached hydrogens (tertiary/aromatic N) is 1.